The van der Waals surface area contributed by atoms with Crippen LogP contribution in [0.15, 0.2) is 12.1 Å². The average molecular weight is 235 g/mol. The van der Waals surface area contributed by atoms with Crippen LogP contribution in [0.25, 0.3) is 0 Å². The number of hydrogen-bond acceptors (Lipinski definition) is 4. The predicted molar refractivity (Wildman–Crippen MR) is 65.0 cm³/mol. The van der Waals surface area contributed by atoms with Crippen molar-refractivity contribution in [3.63, 3.8) is 0 Å². The highest BCUT2D eigenvalue weighted by atomic mass is 16.6. The Balaban J connectivity index is 2.38. The number of hydrogen-bond donors (Lipinski definition) is 1. The summed E-state index contributed by atoms with van der Waals surface area (Å²) in [6, 6.07) is 3.45. The van der Waals surface area contributed by atoms with E-state index in [0.29, 0.717) is 24.5 Å². The smallest absolute Gasteiger partial charge is 0.179 e. The van der Waals surface area contributed by atoms with E-state index in [0.717, 1.165) is 11.3 Å². The number of fused-ring (bicyclic) bond motifs is 1. The molecule has 0 spiro atoms. The van der Waals surface area contributed by atoms with Gasteiger partial charge in [0.1, 0.15) is 13.2 Å². The van der Waals surface area contributed by atoms with Crippen molar-refractivity contribution < 1.29 is 14.3 Å². The van der Waals surface area contributed by atoms with Crippen LogP contribution in [0.5, 0.6) is 11.5 Å². The van der Waals surface area contributed by atoms with Gasteiger partial charge in [-0.1, -0.05) is 0 Å². The third-order valence-electron chi connectivity index (χ3n) is 2.98. The first-order valence-electron chi connectivity index (χ1n) is 5.75. The first-order chi connectivity index (χ1) is 8.13. The van der Waals surface area contributed by atoms with Crippen LogP contribution in [-0.2, 0) is 0 Å². The SMILES string of the molecule is CNC(C)C(=O)c1cc2c(cc1C)OCCO2. The summed E-state index contributed by atoms with van der Waals surface area (Å²) in [5, 5.41) is 2.95. The van der Waals surface area contributed by atoms with Gasteiger partial charge >= 0.3 is 0 Å². The van der Waals surface area contributed by atoms with Crippen molar-refractivity contribution in [2.75, 3.05) is 20.3 Å². The summed E-state index contributed by atoms with van der Waals surface area (Å²) >= 11 is 0. The monoisotopic (exact) mass is 235 g/mol. The topological polar surface area (TPSA) is 47.6 Å². The number of benzene rings is 1. The molecule has 0 amide bonds. The summed E-state index contributed by atoms with van der Waals surface area (Å²) in [5.74, 6) is 1.46. The highest BCUT2D eigenvalue weighted by Gasteiger charge is 2.20. The van der Waals surface area contributed by atoms with Gasteiger partial charge in [-0.25, -0.2) is 0 Å². The second-order valence-electron chi connectivity index (χ2n) is 4.19. The van der Waals surface area contributed by atoms with Crippen LogP contribution in [0, 0.1) is 6.92 Å². The molecule has 4 nitrogen and oxygen atoms in total. The molecule has 1 aliphatic heterocycles. The van der Waals surface area contributed by atoms with Gasteiger partial charge in [0.25, 0.3) is 0 Å². The lowest BCUT2D eigenvalue weighted by atomic mass is 9.99. The number of carbonyl (C=O) groups is 1. The predicted octanol–water partition coefficient (Wildman–Crippen LogP) is 1.56. The van der Waals surface area contributed by atoms with E-state index < -0.39 is 0 Å². The molecule has 0 aliphatic carbocycles. The van der Waals surface area contributed by atoms with Crippen molar-refractivity contribution in [1.82, 2.24) is 5.32 Å². The Morgan fingerprint density at radius 1 is 1.29 bits per heavy atom. The van der Waals surface area contributed by atoms with E-state index in [9.17, 15) is 4.79 Å². The first-order valence-corrected chi connectivity index (χ1v) is 5.75. The molecule has 0 bridgehead atoms. The van der Waals surface area contributed by atoms with Crippen LogP contribution in [0.3, 0.4) is 0 Å². The Morgan fingerprint density at radius 3 is 2.47 bits per heavy atom. The van der Waals surface area contributed by atoms with Gasteiger partial charge < -0.3 is 14.8 Å². The van der Waals surface area contributed by atoms with Gasteiger partial charge in [-0.2, -0.15) is 0 Å². The van der Waals surface area contributed by atoms with Crippen LogP contribution < -0.4 is 14.8 Å². The van der Waals surface area contributed by atoms with Gasteiger partial charge in [-0.05, 0) is 38.6 Å². The van der Waals surface area contributed by atoms with E-state index in [4.69, 9.17) is 9.47 Å². The summed E-state index contributed by atoms with van der Waals surface area (Å²) in [7, 11) is 1.77. The van der Waals surface area contributed by atoms with Gasteiger partial charge in [-0.3, -0.25) is 4.79 Å². The van der Waals surface area contributed by atoms with Crippen molar-refractivity contribution >= 4 is 5.78 Å². The molecule has 0 saturated heterocycles. The maximum atomic E-state index is 12.1. The Labute approximate surface area is 101 Å². The fraction of sp³-hybridized carbons (Fsp3) is 0.462. The van der Waals surface area contributed by atoms with Crippen molar-refractivity contribution in [1.29, 1.82) is 0 Å². The summed E-state index contributed by atoms with van der Waals surface area (Å²) in [6.07, 6.45) is 0. The highest BCUT2D eigenvalue weighted by molar-refractivity contribution is 6.01. The molecule has 1 aromatic carbocycles. The number of ether oxygens (including phenoxy) is 2. The molecule has 17 heavy (non-hydrogen) atoms. The zero-order chi connectivity index (χ0) is 12.4. The Morgan fingerprint density at radius 2 is 1.88 bits per heavy atom. The largest absolute Gasteiger partial charge is 0.486 e. The average Bonchev–Trinajstić information content (AvgIpc) is 2.36. The van der Waals surface area contributed by atoms with Crippen LogP contribution in [0.4, 0.5) is 0 Å². The number of nitrogens with one attached hydrogen (secondary N) is 1. The zero-order valence-corrected chi connectivity index (χ0v) is 10.4. The summed E-state index contributed by atoms with van der Waals surface area (Å²) in [5.41, 5.74) is 1.61. The summed E-state index contributed by atoms with van der Waals surface area (Å²) in [6.45, 7) is 4.85. The van der Waals surface area contributed by atoms with Gasteiger partial charge in [0.2, 0.25) is 0 Å². The fourth-order valence-electron chi connectivity index (χ4n) is 1.82. The molecule has 1 aromatic rings. The van der Waals surface area contributed by atoms with E-state index in [1.54, 1.807) is 13.1 Å². The van der Waals surface area contributed by atoms with Crippen molar-refractivity contribution in [2.45, 2.75) is 19.9 Å². The van der Waals surface area contributed by atoms with Gasteiger partial charge in [0.05, 0.1) is 6.04 Å². The van der Waals surface area contributed by atoms with E-state index in [-0.39, 0.29) is 11.8 Å². The second kappa shape index (κ2) is 4.75. The molecular formula is C13H17NO3. The molecule has 0 aromatic heterocycles. The zero-order valence-electron chi connectivity index (χ0n) is 10.4. The Bertz CT molecular complexity index is 443. The minimum Gasteiger partial charge on any atom is -0.486 e. The third-order valence-corrected chi connectivity index (χ3v) is 2.98. The number of likely N-dealkylation sites (N-methyl/N-ethyl adjacent to an activating group) is 1. The standard InChI is InChI=1S/C13H17NO3/c1-8-6-11-12(17-5-4-16-11)7-10(8)13(15)9(2)14-3/h6-7,9,14H,4-5H2,1-3H3. The van der Waals surface area contributed by atoms with Gasteiger partial charge in [-0.15, -0.1) is 0 Å². The molecule has 1 N–H and O–H groups in total. The molecule has 1 atom stereocenters. The lowest BCUT2D eigenvalue weighted by Gasteiger charge is -2.20. The minimum atomic E-state index is -0.198. The van der Waals surface area contributed by atoms with Crippen LogP contribution in [0.2, 0.25) is 0 Å². The molecule has 1 heterocycles. The van der Waals surface area contributed by atoms with Crippen molar-refractivity contribution in [2.24, 2.45) is 0 Å². The second-order valence-corrected chi connectivity index (χ2v) is 4.19. The highest BCUT2D eigenvalue weighted by Crippen LogP contribution is 2.33. The Kier molecular flexibility index (Phi) is 3.33. The minimum absolute atomic E-state index is 0.0713. The number of Topliss-reactive ketones (excluding diaryl/α,β-unsaturated/α-hetero) is 1. The fourth-order valence-corrected chi connectivity index (χ4v) is 1.82. The Hall–Kier alpha value is -1.55. The van der Waals surface area contributed by atoms with E-state index in [2.05, 4.69) is 5.32 Å². The lowest BCUT2D eigenvalue weighted by molar-refractivity contribution is 0.0953. The van der Waals surface area contributed by atoms with E-state index >= 15 is 0 Å². The number of rotatable bonds is 3. The van der Waals surface area contributed by atoms with E-state index in [1.807, 2.05) is 19.9 Å². The first kappa shape index (κ1) is 11.9. The number of aryl methyl sites for hydroxylation is 1. The lowest BCUT2D eigenvalue weighted by Crippen LogP contribution is -2.31. The molecule has 2 rings (SSSR count). The van der Waals surface area contributed by atoms with E-state index in [1.165, 1.54) is 0 Å². The van der Waals surface area contributed by atoms with Gasteiger partial charge in [0.15, 0.2) is 17.3 Å². The van der Waals surface area contributed by atoms with Gasteiger partial charge in [0, 0.05) is 5.56 Å². The van der Waals surface area contributed by atoms with Crippen molar-refractivity contribution in [3.8, 4) is 11.5 Å². The maximum absolute atomic E-state index is 12.1. The van der Waals surface area contributed by atoms with Crippen LogP contribution in [0.1, 0.15) is 22.8 Å². The molecule has 4 heteroatoms. The summed E-state index contributed by atoms with van der Waals surface area (Å²) < 4.78 is 11.0. The van der Waals surface area contributed by atoms with Crippen LogP contribution in [-0.4, -0.2) is 32.1 Å². The quantitative estimate of drug-likeness (QED) is 0.808. The molecular weight excluding hydrogens is 218 g/mol. The molecule has 0 fully saturated rings. The number of carbonyl (C=O) groups excluding carboxylic acids is 1. The molecule has 1 aliphatic rings. The maximum Gasteiger partial charge on any atom is 0.179 e. The molecule has 0 saturated carbocycles. The van der Waals surface area contributed by atoms with Crippen molar-refractivity contribution in [3.05, 3.63) is 23.3 Å². The normalized spacial score (nSPS) is 15.5. The molecule has 0 radical (unpaired) electrons. The molecule has 92 valence electrons. The molecule has 1 unspecified atom stereocenters. The van der Waals surface area contributed by atoms with Crippen LogP contribution >= 0.6 is 0 Å². The number of ketones is 1. The third kappa shape index (κ3) is 2.26. The summed E-state index contributed by atoms with van der Waals surface area (Å²) in [4.78, 5) is 12.1.